The third-order valence-electron chi connectivity index (χ3n) is 3.33. The van der Waals surface area contributed by atoms with Gasteiger partial charge in [0.25, 0.3) is 0 Å². The zero-order valence-electron chi connectivity index (χ0n) is 10.8. The first-order valence-corrected chi connectivity index (χ1v) is 6.38. The number of benzene rings is 1. The molecular formula is C14H16N4O. The molecule has 0 bridgehead atoms. The molecule has 98 valence electrons. The van der Waals surface area contributed by atoms with Gasteiger partial charge in [-0.1, -0.05) is 25.1 Å². The highest BCUT2D eigenvalue weighted by molar-refractivity contribution is 5.84. The van der Waals surface area contributed by atoms with Crippen LogP contribution in [-0.4, -0.2) is 24.4 Å². The molecule has 0 saturated heterocycles. The molecule has 2 aromatic heterocycles. The summed E-state index contributed by atoms with van der Waals surface area (Å²) in [7, 11) is 0. The Bertz CT molecular complexity index is 672. The summed E-state index contributed by atoms with van der Waals surface area (Å²) in [5.41, 5.74) is 2.07. The second kappa shape index (κ2) is 4.85. The summed E-state index contributed by atoms with van der Waals surface area (Å²) in [4.78, 5) is 3.95. The molecule has 2 heterocycles. The molecule has 1 atom stereocenters. The average Bonchev–Trinajstić information content (AvgIpc) is 3.07. The van der Waals surface area contributed by atoms with Crippen molar-refractivity contribution in [1.82, 2.24) is 19.3 Å². The maximum absolute atomic E-state index is 10.1. The molecule has 0 aliphatic rings. The van der Waals surface area contributed by atoms with E-state index in [0.717, 1.165) is 16.5 Å². The zero-order chi connectivity index (χ0) is 13.2. The van der Waals surface area contributed by atoms with Crippen LogP contribution >= 0.6 is 0 Å². The number of aromatic nitrogens is 4. The average molecular weight is 256 g/mol. The van der Waals surface area contributed by atoms with E-state index >= 15 is 0 Å². The lowest BCUT2D eigenvalue weighted by Gasteiger charge is -2.05. The summed E-state index contributed by atoms with van der Waals surface area (Å²) in [5.74, 6) is 0. The van der Waals surface area contributed by atoms with Crippen molar-refractivity contribution in [3.8, 4) is 0 Å². The van der Waals surface area contributed by atoms with E-state index in [1.165, 1.54) is 6.33 Å². The van der Waals surface area contributed by atoms with Crippen LogP contribution in [0.15, 0.2) is 43.1 Å². The predicted octanol–water partition coefficient (Wildman–Crippen LogP) is 2.18. The number of hydrogen-bond acceptors (Lipinski definition) is 3. The number of aliphatic hydroxyl groups excluding tert-OH is 1. The Morgan fingerprint density at radius 1 is 1.32 bits per heavy atom. The molecule has 5 nitrogen and oxygen atoms in total. The maximum atomic E-state index is 10.1. The van der Waals surface area contributed by atoms with Crippen LogP contribution in [0.2, 0.25) is 0 Å². The van der Waals surface area contributed by atoms with Gasteiger partial charge in [0.15, 0.2) is 0 Å². The Labute approximate surface area is 111 Å². The molecule has 0 radical (unpaired) electrons. The van der Waals surface area contributed by atoms with E-state index in [4.69, 9.17) is 0 Å². The maximum Gasteiger partial charge on any atom is 0.137 e. The van der Waals surface area contributed by atoms with Gasteiger partial charge in [-0.25, -0.2) is 9.67 Å². The topological polar surface area (TPSA) is 55.9 Å². The normalized spacial score (nSPS) is 12.9. The highest BCUT2D eigenvalue weighted by Gasteiger charge is 2.14. The van der Waals surface area contributed by atoms with Crippen molar-refractivity contribution in [3.05, 3.63) is 48.7 Å². The van der Waals surface area contributed by atoms with Crippen LogP contribution in [-0.2, 0) is 6.67 Å². The van der Waals surface area contributed by atoms with Crippen molar-refractivity contribution in [2.24, 2.45) is 0 Å². The minimum atomic E-state index is -0.429. The van der Waals surface area contributed by atoms with Crippen LogP contribution in [0.1, 0.15) is 25.0 Å². The van der Waals surface area contributed by atoms with E-state index in [0.29, 0.717) is 13.1 Å². The van der Waals surface area contributed by atoms with Crippen LogP contribution in [0.4, 0.5) is 0 Å². The Morgan fingerprint density at radius 3 is 2.89 bits per heavy atom. The smallest absolute Gasteiger partial charge is 0.137 e. The highest BCUT2D eigenvalue weighted by atomic mass is 16.3. The van der Waals surface area contributed by atoms with Crippen molar-refractivity contribution >= 4 is 10.9 Å². The standard InChI is InChI=1S/C14H16N4O/c1-2-14(19)12-7-17(10-18-9-15-8-16-18)13-6-4-3-5-11(12)13/h3-9,14,19H,2,10H2,1H3. The third-order valence-corrected chi connectivity index (χ3v) is 3.33. The van der Waals surface area contributed by atoms with Crippen LogP contribution < -0.4 is 0 Å². The van der Waals surface area contributed by atoms with Crippen LogP contribution in [0.25, 0.3) is 10.9 Å². The Kier molecular flexibility index (Phi) is 3.05. The SMILES string of the molecule is CCC(O)c1cn(Cn2cncn2)c2ccccc12. The van der Waals surface area contributed by atoms with E-state index in [9.17, 15) is 5.11 Å². The van der Waals surface area contributed by atoms with Crippen LogP contribution in [0.3, 0.4) is 0 Å². The molecule has 1 N–H and O–H groups in total. The number of nitrogens with zero attached hydrogens (tertiary/aromatic N) is 4. The largest absolute Gasteiger partial charge is 0.388 e. The van der Waals surface area contributed by atoms with Crippen LogP contribution in [0, 0.1) is 0 Å². The minimum absolute atomic E-state index is 0.429. The lowest BCUT2D eigenvalue weighted by atomic mass is 10.1. The summed E-state index contributed by atoms with van der Waals surface area (Å²) >= 11 is 0. The van der Waals surface area contributed by atoms with E-state index in [1.54, 1.807) is 11.0 Å². The van der Waals surface area contributed by atoms with Crippen molar-refractivity contribution in [1.29, 1.82) is 0 Å². The molecule has 0 amide bonds. The Morgan fingerprint density at radius 2 is 2.16 bits per heavy atom. The number of aliphatic hydroxyl groups is 1. The van der Waals surface area contributed by atoms with Gasteiger partial charge in [-0.05, 0) is 12.5 Å². The molecule has 19 heavy (non-hydrogen) atoms. The molecule has 1 unspecified atom stereocenters. The van der Waals surface area contributed by atoms with Crippen LogP contribution in [0.5, 0.6) is 0 Å². The van der Waals surface area contributed by atoms with Gasteiger partial charge in [0.1, 0.15) is 19.3 Å². The highest BCUT2D eigenvalue weighted by Crippen LogP contribution is 2.28. The van der Waals surface area contributed by atoms with Crippen molar-refractivity contribution < 1.29 is 5.11 Å². The predicted molar refractivity (Wildman–Crippen MR) is 72.6 cm³/mol. The molecule has 0 spiro atoms. The van der Waals surface area contributed by atoms with Crippen molar-refractivity contribution in [2.75, 3.05) is 0 Å². The van der Waals surface area contributed by atoms with Gasteiger partial charge in [-0.3, -0.25) is 0 Å². The first kappa shape index (κ1) is 11.9. The van der Waals surface area contributed by atoms with Crippen molar-refractivity contribution in [3.63, 3.8) is 0 Å². The van der Waals surface area contributed by atoms with E-state index in [1.807, 2.05) is 31.3 Å². The fourth-order valence-corrected chi connectivity index (χ4v) is 2.34. The number of hydrogen-bond donors (Lipinski definition) is 1. The van der Waals surface area contributed by atoms with Gasteiger partial charge in [0.2, 0.25) is 0 Å². The number of rotatable bonds is 4. The minimum Gasteiger partial charge on any atom is -0.388 e. The second-order valence-electron chi connectivity index (χ2n) is 4.57. The van der Waals surface area contributed by atoms with Crippen molar-refractivity contribution in [2.45, 2.75) is 26.1 Å². The van der Waals surface area contributed by atoms with Gasteiger partial charge < -0.3 is 9.67 Å². The summed E-state index contributed by atoms with van der Waals surface area (Å²) in [6.07, 6.45) is 5.48. The molecule has 3 rings (SSSR count). The molecular weight excluding hydrogens is 240 g/mol. The van der Waals surface area contributed by atoms with E-state index < -0.39 is 6.10 Å². The lowest BCUT2D eigenvalue weighted by molar-refractivity contribution is 0.175. The molecule has 3 aromatic rings. The monoisotopic (exact) mass is 256 g/mol. The third kappa shape index (κ3) is 2.13. The first-order chi connectivity index (χ1) is 9.29. The van der Waals surface area contributed by atoms with Gasteiger partial charge in [0.05, 0.1) is 6.10 Å². The van der Waals surface area contributed by atoms with Gasteiger partial charge in [-0.15, -0.1) is 0 Å². The second-order valence-corrected chi connectivity index (χ2v) is 4.57. The Hall–Kier alpha value is -2.14. The van der Waals surface area contributed by atoms with Gasteiger partial charge >= 0.3 is 0 Å². The number of fused-ring (bicyclic) bond motifs is 1. The fourth-order valence-electron chi connectivity index (χ4n) is 2.34. The van der Waals surface area contributed by atoms with E-state index in [-0.39, 0.29) is 0 Å². The summed E-state index contributed by atoms with van der Waals surface area (Å²) < 4.78 is 3.84. The lowest BCUT2D eigenvalue weighted by Crippen LogP contribution is -2.07. The molecule has 5 heteroatoms. The summed E-state index contributed by atoms with van der Waals surface area (Å²) in [5, 5.41) is 15.3. The summed E-state index contributed by atoms with van der Waals surface area (Å²) in [6, 6.07) is 8.09. The molecule has 0 aliphatic carbocycles. The molecule has 0 fully saturated rings. The molecule has 0 saturated carbocycles. The first-order valence-electron chi connectivity index (χ1n) is 6.38. The Balaban J connectivity index is 2.09. The number of para-hydroxylation sites is 1. The van der Waals surface area contributed by atoms with Gasteiger partial charge in [-0.2, -0.15) is 5.10 Å². The summed E-state index contributed by atoms with van der Waals surface area (Å²) in [6.45, 7) is 2.57. The molecule has 1 aromatic carbocycles. The quantitative estimate of drug-likeness (QED) is 0.778. The van der Waals surface area contributed by atoms with Gasteiger partial charge in [0, 0.05) is 22.7 Å². The fraction of sp³-hybridized carbons (Fsp3) is 0.286. The molecule has 0 aliphatic heterocycles. The zero-order valence-corrected chi connectivity index (χ0v) is 10.8. The van der Waals surface area contributed by atoms with E-state index in [2.05, 4.69) is 20.7 Å².